The van der Waals surface area contributed by atoms with E-state index in [1.807, 2.05) is 6.07 Å². The molecule has 1 atom stereocenters. The molecule has 18 heavy (non-hydrogen) atoms. The fraction of sp³-hybridized carbons (Fsp3) is 0.600. The largest absolute Gasteiger partial charge is 0.490 e. The lowest BCUT2D eigenvalue weighted by molar-refractivity contribution is 0.297. The Morgan fingerprint density at radius 2 is 1.89 bits per heavy atom. The fourth-order valence-corrected chi connectivity index (χ4v) is 2.37. The van der Waals surface area contributed by atoms with E-state index in [2.05, 4.69) is 26.0 Å². The zero-order chi connectivity index (χ0) is 13.0. The third-order valence-corrected chi connectivity index (χ3v) is 3.28. The predicted molar refractivity (Wildman–Crippen MR) is 73.3 cm³/mol. The number of hydrogen-bond donors (Lipinski definition) is 1. The van der Waals surface area contributed by atoms with Gasteiger partial charge in [-0.3, -0.25) is 0 Å². The van der Waals surface area contributed by atoms with E-state index in [0.717, 1.165) is 37.6 Å². The minimum Gasteiger partial charge on any atom is -0.490 e. The van der Waals surface area contributed by atoms with Gasteiger partial charge in [-0.25, -0.2) is 0 Å². The molecule has 0 saturated carbocycles. The van der Waals surface area contributed by atoms with Gasteiger partial charge in [0, 0.05) is 6.42 Å². The Balaban J connectivity index is 2.20. The Morgan fingerprint density at radius 1 is 1.17 bits per heavy atom. The van der Waals surface area contributed by atoms with Gasteiger partial charge in [0.15, 0.2) is 11.5 Å². The highest BCUT2D eigenvalue weighted by atomic mass is 16.5. The number of benzene rings is 1. The molecule has 0 saturated heterocycles. The van der Waals surface area contributed by atoms with Crippen molar-refractivity contribution < 1.29 is 9.47 Å². The SMILES string of the molecule is CC(C)CC(CN)c1ccc2c(c1)OCCCO2. The Kier molecular flexibility index (Phi) is 4.48. The summed E-state index contributed by atoms with van der Waals surface area (Å²) >= 11 is 0. The molecule has 0 radical (unpaired) electrons. The van der Waals surface area contributed by atoms with Crippen LogP contribution in [0.5, 0.6) is 11.5 Å². The van der Waals surface area contributed by atoms with Crippen molar-refractivity contribution in [1.29, 1.82) is 0 Å². The molecule has 3 nitrogen and oxygen atoms in total. The second kappa shape index (κ2) is 6.10. The zero-order valence-corrected chi connectivity index (χ0v) is 11.3. The van der Waals surface area contributed by atoms with Gasteiger partial charge >= 0.3 is 0 Å². The second-order valence-electron chi connectivity index (χ2n) is 5.32. The molecule has 2 rings (SSSR count). The van der Waals surface area contributed by atoms with Gasteiger partial charge in [0.25, 0.3) is 0 Å². The van der Waals surface area contributed by atoms with E-state index in [4.69, 9.17) is 15.2 Å². The molecule has 1 heterocycles. The lowest BCUT2D eigenvalue weighted by Gasteiger charge is -2.19. The summed E-state index contributed by atoms with van der Waals surface area (Å²) in [6.45, 7) is 6.60. The topological polar surface area (TPSA) is 44.5 Å². The molecule has 0 amide bonds. The molecule has 100 valence electrons. The maximum Gasteiger partial charge on any atom is 0.161 e. The quantitative estimate of drug-likeness (QED) is 0.892. The maximum absolute atomic E-state index is 5.89. The van der Waals surface area contributed by atoms with Crippen molar-refractivity contribution in [3.8, 4) is 11.5 Å². The van der Waals surface area contributed by atoms with Crippen LogP contribution in [-0.2, 0) is 0 Å². The van der Waals surface area contributed by atoms with Crippen LogP contribution in [0.4, 0.5) is 0 Å². The summed E-state index contributed by atoms with van der Waals surface area (Å²) in [5.41, 5.74) is 7.15. The van der Waals surface area contributed by atoms with Gasteiger partial charge in [0.05, 0.1) is 13.2 Å². The third-order valence-electron chi connectivity index (χ3n) is 3.28. The van der Waals surface area contributed by atoms with Crippen molar-refractivity contribution in [3.63, 3.8) is 0 Å². The smallest absolute Gasteiger partial charge is 0.161 e. The summed E-state index contributed by atoms with van der Waals surface area (Å²) in [5.74, 6) is 2.78. The first-order valence-electron chi connectivity index (χ1n) is 6.80. The molecule has 1 aromatic rings. The van der Waals surface area contributed by atoms with Gasteiger partial charge in [0.2, 0.25) is 0 Å². The summed E-state index contributed by atoms with van der Waals surface area (Å²) in [6.07, 6.45) is 2.05. The minimum atomic E-state index is 0.405. The van der Waals surface area contributed by atoms with Gasteiger partial charge < -0.3 is 15.2 Å². The van der Waals surface area contributed by atoms with Gasteiger partial charge in [0.1, 0.15) is 0 Å². The van der Waals surface area contributed by atoms with Gasteiger partial charge in [-0.1, -0.05) is 19.9 Å². The monoisotopic (exact) mass is 249 g/mol. The van der Waals surface area contributed by atoms with Crippen LogP contribution >= 0.6 is 0 Å². The first kappa shape index (κ1) is 13.2. The van der Waals surface area contributed by atoms with E-state index < -0.39 is 0 Å². The third kappa shape index (κ3) is 3.16. The first-order valence-corrected chi connectivity index (χ1v) is 6.80. The molecular formula is C15H23NO2. The van der Waals surface area contributed by atoms with E-state index in [1.165, 1.54) is 5.56 Å². The molecule has 2 N–H and O–H groups in total. The summed E-state index contributed by atoms with van der Waals surface area (Å²) in [7, 11) is 0. The number of rotatable bonds is 4. The highest BCUT2D eigenvalue weighted by Crippen LogP contribution is 2.34. The van der Waals surface area contributed by atoms with Crippen LogP contribution in [0.2, 0.25) is 0 Å². The summed E-state index contributed by atoms with van der Waals surface area (Å²) in [5, 5.41) is 0. The van der Waals surface area contributed by atoms with Crippen molar-refractivity contribution in [2.75, 3.05) is 19.8 Å². The highest BCUT2D eigenvalue weighted by molar-refractivity contribution is 5.44. The fourth-order valence-electron chi connectivity index (χ4n) is 2.37. The van der Waals surface area contributed by atoms with E-state index in [0.29, 0.717) is 18.4 Å². The van der Waals surface area contributed by atoms with Crippen LogP contribution in [0.3, 0.4) is 0 Å². The van der Waals surface area contributed by atoms with Crippen molar-refractivity contribution >= 4 is 0 Å². The first-order chi connectivity index (χ1) is 8.70. The Labute approximate surface area is 109 Å². The maximum atomic E-state index is 5.89. The van der Waals surface area contributed by atoms with Crippen LogP contribution in [0.25, 0.3) is 0 Å². The van der Waals surface area contributed by atoms with Gasteiger partial charge in [-0.2, -0.15) is 0 Å². The van der Waals surface area contributed by atoms with Crippen LogP contribution in [0.1, 0.15) is 38.2 Å². The summed E-state index contributed by atoms with van der Waals surface area (Å²) in [4.78, 5) is 0. The molecule has 0 bridgehead atoms. The second-order valence-corrected chi connectivity index (χ2v) is 5.32. The van der Waals surface area contributed by atoms with Gasteiger partial charge in [-0.05, 0) is 42.5 Å². The van der Waals surface area contributed by atoms with E-state index >= 15 is 0 Å². The van der Waals surface area contributed by atoms with Crippen molar-refractivity contribution in [3.05, 3.63) is 23.8 Å². The number of hydrogen-bond acceptors (Lipinski definition) is 3. The molecule has 0 aliphatic carbocycles. The van der Waals surface area contributed by atoms with Crippen LogP contribution in [-0.4, -0.2) is 19.8 Å². The number of fused-ring (bicyclic) bond motifs is 1. The molecule has 0 aromatic heterocycles. The van der Waals surface area contributed by atoms with Crippen LogP contribution in [0.15, 0.2) is 18.2 Å². The average Bonchev–Trinajstić information content (AvgIpc) is 2.59. The zero-order valence-electron chi connectivity index (χ0n) is 11.3. The van der Waals surface area contributed by atoms with E-state index in [9.17, 15) is 0 Å². The van der Waals surface area contributed by atoms with Crippen molar-refractivity contribution in [2.45, 2.75) is 32.6 Å². The molecule has 1 unspecified atom stereocenters. The molecule has 1 aromatic carbocycles. The average molecular weight is 249 g/mol. The molecule has 0 fully saturated rings. The molecule has 1 aliphatic rings. The van der Waals surface area contributed by atoms with Crippen LogP contribution < -0.4 is 15.2 Å². The highest BCUT2D eigenvalue weighted by Gasteiger charge is 2.16. The molecule has 3 heteroatoms. The van der Waals surface area contributed by atoms with E-state index in [1.54, 1.807) is 0 Å². The molecule has 0 spiro atoms. The van der Waals surface area contributed by atoms with Crippen molar-refractivity contribution in [2.24, 2.45) is 11.7 Å². The molecular weight excluding hydrogens is 226 g/mol. The number of ether oxygens (including phenoxy) is 2. The minimum absolute atomic E-state index is 0.405. The Bertz CT molecular complexity index is 390. The standard InChI is InChI=1S/C15H23NO2/c1-11(2)8-13(10-16)12-4-5-14-15(9-12)18-7-3-6-17-14/h4-5,9,11,13H,3,6-8,10,16H2,1-2H3. The lowest BCUT2D eigenvalue weighted by atomic mass is 9.90. The van der Waals surface area contributed by atoms with Gasteiger partial charge in [-0.15, -0.1) is 0 Å². The van der Waals surface area contributed by atoms with Crippen molar-refractivity contribution in [1.82, 2.24) is 0 Å². The Morgan fingerprint density at radius 3 is 2.56 bits per heavy atom. The number of nitrogens with two attached hydrogens (primary N) is 1. The van der Waals surface area contributed by atoms with Crippen LogP contribution in [0, 0.1) is 5.92 Å². The Hall–Kier alpha value is -1.22. The summed E-state index contributed by atoms with van der Waals surface area (Å²) < 4.78 is 11.4. The normalized spacial score (nSPS) is 16.4. The summed E-state index contributed by atoms with van der Waals surface area (Å²) in [6, 6.07) is 6.23. The molecule has 1 aliphatic heterocycles. The predicted octanol–water partition coefficient (Wildman–Crippen LogP) is 2.94. The van der Waals surface area contributed by atoms with E-state index in [-0.39, 0.29) is 0 Å². The lowest BCUT2D eigenvalue weighted by Crippen LogP contribution is -2.14.